The van der Waals surface area contributed by atoms with Gasteiger partial charge in [-0.25, -0.2) is 0 Å². The number of aromatic hydroxyl groups is 1. The largest absolute Gasteiger partial charge is 0.508 e. The maximum Gasteiger partial charge on any atom is 0.409 e. The van der Waals surface area contributed by atoms with Crippen molar-refractivity contribution in [2.24, 2.45) is 0 Å². The van der Waals surface area contributed by atoms with E-state index in [1.54, 1.807) is 30.3 Å². The number of carbonyl (C=O) groups is 1. The van der Waals surface area contributed by atoms with Crippen LogP contribution in [0.1, 0.15) is 28.4 Å². The molecule has 0 heterocycles. The van der Waals surface area contributed by atoms with Crippen LogP contribution in [0.4, 0.5) is 5.69 Å². The summed E-state index contributed by atoms with van der Waals surface area (Å²) in [6, 6.07) is 18.9. The number of anilines is 1. The van der Waals surface area contributed by atoms with Crippen molar-refractivity contribution in [2.75, 3.05) is 31.0 Å². The fourth-order valence-corrected chi connectivity index (χ4v) is 4.20. The molecule has 3 aromatic carbocycles. The first kappa shape index (κ1) is 29.9. The van der Waals surface area contributed by atoms with Crippen LogP contribution in [-0.2, 0) is 43.7 Å². The maximum absolute atomic E-state index is 11.5. The molecule has 39 heavy (non-hydrogen) atoms. The molecule has 0 aliphatic heterocycles. The summed E-state index contributed by atoms with van der Waals surface area (Å²) >= 11 is 0. The Morgan fingerprint density at radius 1 is 0.974 bits per heavy atom. The first-order chi connectivity index (χ1) is 18.8. The average Bonchev–Trinajstić information content (AvgIpc) is 2.91. The normalized spacial score (nSPS) is 12.1. The van der Waals surface area contributed by atoms with E-state index in [4.69, 9.17) is 9.47 Å². The van der Waals surface area contributed by atoms with E-state index >= 15 is 0 Å². The van der Waals surface area contributed by atoms with Gasteiger partial charge in [0.15, 0.2) is 0 Å². The lowest BCUT2D eigenvalue weighted by Crippen LogP contribution is -2.23. The van der Waals surface area contributed by atoms with Gasteiger partial charge in [-0.15, -0.1) is 0 Å². The van der Waals surface area contributed by atoms with Crippen LogP contribution in [0.15, 0.2) is 66.7 Å². The summed E-state index contributed by atoms with van der Waals surface area (Å²) < 4.78 is 40.4. The molecule has 0 saturated heterocycles. The van der Waals surface area contributed by atoms with Gasteiger partial charge in [-0.3, -0.25) is 9.52 Å². The SMILES string of the molecule is O=COS(=O)(=O)Nc1cccc(COCCOc2ccc(CCNC[C@@H](O)c3ccc(O)c(CO)c3)cc2)c1. The second kappa shape index (κ2) is 15.0. The number of aliphatic hydroxyl groups excluding tert-OH is 2. The lowest BCUT2D eigenvalue weighted by molar-refractivity contribution is -0.120. The highest BCUT2D eigenvalue weighted by Gasteiger charge is 2.11. The third kappa shape index (κ3) is 10.2. The van der Waals surface area contributed by atoms with Gasteiger partial charge in [-0.05, 0) is 66.1 Å². The summed E-state index contributed by atoms with van der Waals surface area (Å²) in [7, 11) is -4.20. The van der Waals surface area contributed by atoms with Crippen molar-refractivity contribution in [3.63, 3.8) is 0 Å². The van der Waals surface area contributed by atoms with E-state index < -0.39 is 16.4 Å². The topological polar surface area (TPSA) is 164 Å². The number of phenols is 1. The van der Waals surface area contributed by atoms with Gasteiger partial charge in [0, 0.05) is 12.1 Å². The molecule has 0 spiro atoms. The molecule has 0 radical (unpaired) electrons. The summed E-state index contributed by atoms with van der Waals surface area (Å²) in [5.74, 6) is 0.700. The Balaban J connectivity index is 1.32. The second-order valence-corrected chi connectivity index (χ2v) is 9.82. The molecule has 0 bridgehead atoms. The highest BCUT2D eigenvalue weighted by Crippen LogP contribution is 2.22. The van der Waals surface area contributed by atoms with Crippen molar-refractivity contribution in [1.82, 2.24) is 5.32 Å². The molecular formula is C27H32N2O9S. The standard InChI is InChI=1S/C27H32N2O9S/c30-17-23-15-22(6-9-26(23)32)27(33)16-28-11-10-20-4-7-25(8-5-20)37-13-12-36-18-21-2-1-3-24(14-21)29-39(34,35)38-19-31/h1-9,14-15,19,27-30,32-33H,10-13,16-18H2/t27-/m1/s1. The van der Waals surface area contributed by atoms with E-state index in [1.165, 1.54) is 12.1 Å². The molecule has 0 aliphatic rings. The number of carbonyl (C=O) groups excluding carboxylic acids is 1. The molecule has 210 valence electrons. The van der Waals surface area contributed by atoms with Crippen molar-refractivity contribution >= 4 is 22.5 Å². The van der Waals surface area contributed by atoms with Gasteiger partial charge in [0.1, 0.15) is 18.1 Å². The third-order valence-corrected chi connectivity index (χ3v) is 6.43. The van der Waals surface area contributed by atoms with Crippen molar-refractivity contribution < 1.29 is 42.2 Å². The summed E-state index contributed by atoms with van der Waals surface area (Å²) in [4.78, 5) is 10.2. The molecule has 3 aromatic rings. The van der Waals surface area contributed by atoms with E-state index in [0.717, 1.165) is 17.5 Å². The Hall–Kier alpha value is -3.68. The zero-order valence-electron chi connectivity index (χ0n) is 21.2. The fourth-order valence-electron chi connectivity index (χ4n) is 3.63. The summed E-state index contributed by atoms with van der Waals surface area (Å²) in [6.45, 7) is 1.42. The third-order valence-electron chi connectivity index (χ3n) is 5.61. The number of hydrogen-bond acceptors (Lipinski definition) is 10. The molecule has 12 heteroatoms. The molecule has 1 atom stereocenters. The molecule has 0 amide bonds. The lowest BCUT2D eigenvalue weighted by Gasteiger charge is -2.14. The molecule has 0 aromatic heterocycles. The average molecular weight is 561 g/mol. The van der Waals surface area contributed by atoms with Crippen LogP contribution in [0.5, 0.6) is 11.5 Å². The highest BCUT2D eigenvalue weighted by atomic mass is 32.2. The molecule has 3 rings (SSSR count). The number of aliphatic hydroxyl groups is 2. The molecule has 0 aliphatic carbocycles. The van der Waals surface area contributed by atoms with Gasteiger partial charge >= 0.3 is 16.8 Å². The van der Waals surface area contributed by atoms with E-state index in [9.17, 15) is 28.5 Å². The first-order valence-electron chi connectivity index (χ1n) is 12.1. The van der Waals surface area contributed by atoms with E-state index in [2.05, 4.69) is 14.2 Å². The van der Waals surface area contributed by atoms with Gasteiger partial charge < -0.3 is 34.3 Å². The fraction of sp³-hybridized carbons (Fsp3) is 0.296. The van der Waals surface area contributed by atoms with E-state index in [0.29, 0.717) is 43.2 Å². The number of rotatable bonds is 17. The predicted octanol–water partition coefficient (Wildman–Crippen LogP) is 2.18. The molecule has 0 unspecified atom stereocenters. The molecule has 5 N–H and O–H groups in total. The Bertz CT molecular complexity index is 1300. The van der Waals surface area contributed by atoms with Crippen LogP contribution < -0.4 is 14.8 Å². The Morgan fingerprint density at radius 2 is 1.77 bits per heavy atom. The van der Waals surface area contributed by atoms with E-state index in [1.807, 2.05) is 24.3 Å². The van der Waals surface area contributed by atoms with Gasteiger partial charge in [0.25, 0.3) is 0 Å². The van der Waals surface area contributed by atoms with Crippen LogP contribution >= 0.6 is 0 Å². The van der Waals surface area contributed by atoms with Crippen LogP contribution in [-0.4, -0.2) is 56.5 Å². The maximum atomic E-state index is 11.5. The summed E-state index contributed by atoms with van der Waals surface area (Å²) in [5.41, 5.74) is 3.07. The Morgan fingerprint density at radius 3 is 2.51 bits per heavy atom. The van der Waals surface area contributed by atoms with Gasteiger partial charge in [-0.1, -0.05) is 30.3 Å². The van der Waals surface area contributed by atoms with Crippen molar-refractivity contribution in [3.05, 3.63) is 89.0 Å². The van der Waals surface area contributed by atoms with Gasteiger partial charge in [0.05, 0.1) is 31.6 Å². The smallest absolute Gasteiger partial charge is 0.409 e. The predicted molar refractivity (Wildman–Crippen MR) is 143 cm³/mol. The number of hydrogen-bond donors (Lipinski definition) is 5. The molecule has 0 saturated carbocycles. The van der Waals surface area contributed by atoms with E-state index in [-0.39, 0.29) is 31.1 Å². The number of nitrogens with one attached hydrogen (secondary N) is 2. The minimum atomic E-state index is -4.20. The second-order valence-electron chi connectivity index (χ2n) is 8.51. The van der Waals surface area contributed by atoms with Crippen LogP contribution in [0.3, 0.4) is 0 Å². The van der Waals surface area contributed by atoms with Crippen LogP contribution in [0.2, 0.25) is 0 Å². The molecular weight excluding hydrogens is 528 g/mol. The Kier molecular flexibility index (Phi) is 11.5. The zero-order chi connectivity index (χ0) is 28.1. The van der Waals surface area contributed by atoms with Gasteiger partial charge in [0.2, 0.25) is 0 Å². The lowest BCUT2D eigenvalue weighted by atomic mass is 10.1. The van der Waals surface area contributed by atoms with Crippen molar-refractivity contribution in [1.29, 1.82) is 0 Å². The Labute approximate surface area is 227 Å². The van der Waals surface area contributed by atoms with Crippen molar-refractivity contribution in [2.45, 2.75) is 25.7 Å². The minimum Gasteiger partial charge on any atom is -0.508 e. The first-order valence-corrected chi connectivity index (χ1v) is 13.5. The number of benzene rings is 3. The van der Waals surface area contributed by atoms with Crippen molar-refractivity contribution in [3.8, 4) is 11.5 Å². The van der Waals surface area contributed by atoms with Gasteiger partial charge in [-0.2, -0.15) is 8.42 Å². The van der Waals surface area contributed by atoms with Crippen LogP contribution in [0.25, 0.3) is 0 Å². The number of ether oxygens (including phenoxy) is 2. The quantitative estimate of drug-likeness (QED) is 0.122. The zero-order valence-corrected chi connectivity index (χ0v) is 22.0. The minimum absolute atomic E-state index is 0.00139. The van der Waals surface area contributed by atoms with Crippen LogP contribution in [0, 0.1) is 0 Å². The molecule has 0 fully saturated rings. The molecule has 11 nitrogen and oxygen atoms in total. The monoisotopic (exact) mass is 560 g/mol. The highest BCUT2D eigenvalue weighted by molar-refractivity contribution is 7.88. The summed E-state index contributed by atoms with van der Waals surface area (Å²) in [5, 5.41) is 32.4. The summed E-state index contributed by atoms with van der Waals surface area (Å²) in [6.07, 6.45) is -0.00183.